The van der Waals surface area contributed by atoms with Gasteiger partial charge < -0.3 is 5.32 Å². The molecule has 0 fully saturated rings. The number of nitrogens with zero attached hydrogens (tertiary/aromatic N) is 3. The number of hydrogen-bond donors (Lipinski definition) is 1. The van der Waals surface area contributed by atoms with Gasteiger partial charge in [0.2, 0.25) is 0 Å². The van der Waals surface area contributed by atoms with Gasteiger partial charge in [-0.25, -0.2) is 4.79 Å². The number of rotatable bonds is 2. The summed E-state index contributed by atoms with van der Waals surface area (Å²) in [7, 11) is 0. The van der Waals surface area contributed by atoms with Gasteiger partial charge in [0.05, 0.1) is 17.0 Å². The number of hydrogen-bond acceptors (Lipinski definition) is 3. The molecule has 0 radical (unpaired) electrons. The van der Waals surface area contributed by atoms with Gasteiger partial charge in [-0.3, -0.25) is 4.90 Å². The van der Waals surface area contributed by atoms with Crippen molar-refractivity contribution in [2.24, 2.45) is 0 Å². The lowest BCUT2D eigenvalue weighted by atomic mass is 10.1. The van der Waals surface area contributed by atoms with Crippen molar-refractivity contribution in [3.8, 4) is 0 Å². The minimum absolute atomic E-state index is 0.0905. The summed E-state index contributed by atoms with van der Waals surface area (Å²) >= 11 is 0. The molecule has 25 heavy (non-hydrogen) atoms. The summed E-state index contributed by atoms with van der Waals surface area (Å²) in [5.74, 6) is 0. The second kappa shape index (κ2) is 6.51. The Morgan fingerprint density at radius 1 is 1.36 bits per heavy atom. The number of benzene rings is 1. The third-order valence-electron chi connectivity index (χ3n) is 4.42. The third kappa shape index (κ3) is 3.53. The lowest BCUT2D eigenvalue weighted by molar-refractivity contribution is -0.137. The zero-order valence-electron chi connectivity index (χ0n) is 14.0. The van der Waals surface area contributed by atoms with Gasteiger partial charge in [-0.15, -0.1) is 0 Å². The Labute approximate surface area is 143 Å². The number of likely N-dealkylation sites (N-methyl/N-ethyl adjacent to an activating group) is 1. The summed E-state index contributed by atoms with van der Waals surface area (Å²) in [6.45, 7) is 6.39. The quantitative estimate of drug-likeness (QED) is 0.897. The molecule has 1 N–H and O–H groups in total. The van der Waals surface area contributed by atoms with Gasteiger partial charge in [-0.2, -0.15) is 23.0 Å². The first-order valence-corrected chi connectivity index (χ1v) is 8.08. The summed E-state index contributed by atoms with van der Waals surface area (Å²) in [6.07, 6.45) is -3.77. The zero-order chi connectivity index (χ0) is 18.2. The maximum atomic E-state index is 12.8. The highest BCUT2D eigenvalue weighted by atomic mass is 19.4. The van der Waals surface area contributed by atoms with Crippen LogP contribution in [-0.2, 0) is 19.1 Å². The number of halogens is 3. The second-order valence-electron chi connectivity index (χ2n) is 6.05. The molecule has 3 rings (SSSR count). The smallest absolute Gasteiger partial charge is 0.306 e. The molecule has 0 spiro atoms. The van der Waals surface area contributed by atoms with Gasteiger partial charge >= 0.3 is 12.2 Å². The van der Waals surface area contributed by atoms with Crippen LogP contribution < -0.4 is 5.32 Å². The average molecular weight is 352 g/mol. The van der Waals surface area contributed by atoms with Crippen molar-refractivity contribution >= 4 is 11.7 Å². The number of nitrogens with one attached hydrogen (secondary N) is 1. The fraction of sp³-hybridized carbons (Fsp3) is 0.412. The van der Waals surface area contributed by atoms with Gasteiger partial charge in [-0.1, -0.05) is 13.0 Å². The standard InChI is InChI=1S/C17H19F3N4O/c1-3-23-8-7-15-14(10-23)11(2)22-24(15)16(25)21-13-6-4-5-12(9-13)17(18,19)20/h4-6,9H,3,7-8,10H2,1-2H3,(H,21,25). The zero-order valence-corrected chi connectivity index (χ0v) is 14.0. The molecule has 0 bridgehead atoms. The van der Waals surface area contributed by atoms with Crippen LogP contribution in [0.15, 0.2) is 24.3 Å². The molecule has 0 saturated carbocycles. The number of aromatic nitrogens is 2. The monoisotopic (exact) mass is 352 g/mol. The second-order valence-corrected chi connectivity index (χ2v) is 6.05. The van der Waals surface area contributed by atoms with Gasteiger partial charge in [-0.05, 0) is 31.7 Å². The number of alkyl halides is 3. The summed E-state index contributed by atoms with van der Waals surface area (Å²) in [5.41, 5.74) is 1.90. The van der Waals surface area contributed by atoms with Crippen LogP contribution in [-0.4, -0.2) is 33.8 Å². The molecule has 0 saturated heterocycles. The molecule has 1 aromatic carbocycles. The molecule has 2 heterocycles. The van der Waals surface area contributed by atoms with Crippen LogP contribution in [0.5, 0.6) is 0 Å². The molecule has 1 aliphatic rings. The molecular formula is C17H19F3N4O. The molecule has 1 aliphatic heterocycles. The van der Waals surface area contributed by atoms with E-state index in [0.29, 0.717) is 6.42 Å². The van der Waals surface area contributed by atoms with Crippen molar-refractivity contribution in [3.63, 3.8) is 0 Å². The lowest BCUT2D eigenvalue weighted by Gasteiger charge is -2.25. The number of amides is 1. The summed E-state index contributed by atoms with van der Waals surface area (Å²) in [6, 6.07) is 4.03. The first kappa shape index (κ1) is 17.5. The largest absolute Gasteiger partial charge is 0.416 e. The third-order valence-corrected chi connectivity index (χ3v) is 4.42. The van der Waals surface area contributed by atoms with Crippen molar-refractivity contribution in [3.05, 3.63) is 46.8 Å². The summed E-state index contributed by atoms with van der Waals surface area (Å²) in [5, 5.41) is 6.79. The minimum atomic E-state index is -4.45. The van der Waals surface area contributed by atoms with E-state index in [2.05, 4.69) is 22.2 Å². The van der Waals surface area contributed by atoms with Crippen LogP contribution in [0.1, 0.15) is 29.4 Å². The SMILES string of the molecule is CCN1CCc2c(c(C)nn2C(=O)Nc2cccc(C(F)(F)F)c2)C1. The maximum Gasteiger partial charge on any atom is 0.416 e. The number of carbonyl (C=O) groups excluding carboxylic acids is 1. The summed E-state index contributed by atoms with van der Waals surface area (Å²) < 4.78 is 39.7. The maximum absolute atomic E-state index is 12.8. The first-order valence-electron chi connectivity index (χ1n) is 8.08. The Kier molecular flexibility index (Phi) is 4.55. The molecule has 2 aromatic rings. The lowest BCUT2D eigenvalue weighted by Crippen LogP contribution is -2.32. The summed E-state index contributed by atoms with van der Waals surface area (Å²) in [4.78, 5) is 14.8. The van der Waals surface area contributed by atoms with Crippen molar-refractivity contribution in [2.45, 2.75) is 33.0 Å². The predicted octanol–water partition coefficient (Wildman–Crippen LogP) is 3.67. The molecule has 0 unspecified atom stereocenters. The molecule has 8 heteroatoms. The fourth-order valence-electron chi connectivity index (χ4n) is 3.02. The van der Waals surface area contributed by atoms with Gasteiger partial charge in [0.25, 0.3) is 0 Å². The van der Waals surface area contributed by atoms with Crippen LogP contribution in [0, 0.1) is 6.92 Å². The number of aryl methyl sites for hydroxylation is 1. The Bertz CT molecular complexity index is 798. The van der Waals surface area contributed by atoms with Crippen LogP contribution in [0.3, 0.4) is 0 Å². The number of anilines is 1. The molecular weight excluding hydrogens is 333 g/mol. The van der Waals surface area contributed by atoms with Crippen molar-refractivity contribution in [1.82, 2.24) is 14.7 Å². The average Bonchev–Trinajstić information content (AvgIpc) is 2.91. The van der Waals surface area contributed by atoms with Crippen LogP contribution in [0.4, 0.5) is 23.7 Å². The molecule has 134 valence electrons. The van der Waals surface area contributed by atoms with E-state index in [-0.39, 0.29) is 5.69 Å². The van der Waals surface area contributed by atoms with Crippen LogP contribution in [0.2, 0.25) is 0 Å². The van der Waals surface area contributed by atoms with E-state index in [0.717, 1.165) is 48.7 Å². The predicted molar refractivity (Wildman–Crippen MR) is 87.5 cm³/mol. The van der Waals surface area contributed by atoms with Crippen molar-refractivity contribution < 1.29 is 18.0 Å². The van der Waals surface area contributed by atoms with E-state index in [9.17, 15) is 18.0 Å². The van der Waals surface area contributed by atoms with E-state index < -0.39 is 17.8 Å². The normalized spacial score (nSPS) is 15.1. The number of carbonyl (C=O) groups is 1. The number of fused-ring (bicyclic) bond motifs is 1. The van der Waals surface area contributed by atoms with Gasteiger partial charge in [0.15, 0.2) is 0 Å². The highest BCUT2D eigenvalue weighted by Gasteiger charge is 2.31. The highest BCUT2D eigenvalue weighted by molar-refractivity contribution is 5.91. The van der Waals surface area contributed by atoms with E-state index in [4.69, 9.17) is 0 Å². The van der Waals surface area contributed by atoms with Crippen LogP contribution in [0.25, 0.3) is 0 Å². The van der Waals surface area contributed by atoms with Crippen molar-refractivity contribution in [2.75, 3.05) is 18.4 Å². The molecule has 1 aromatic heterocycles. The Morgan fingerprint density at radius 3 is 2.80 bits per heavy atom. The molecule has 5 nitrogen and oxygen atoms in total. The Balaban J connectivity index is 1.84. The molecule has 0 aliphatic carbocycles. The minimum Gasteiger partial charge on any atom is -0.306 e. The van der Waals surface area contributed by atoms with Crippen molar-refractivity contribution in [1.29, 1.82) is 0 Å². The molecule has 1 amide bonds. The van der Waals surface area contributed by atoms with Gasteiger partial charge in [0, 0.05) is 30.8 Å². The molecule has 0 atom stereocenters. The van der Waals surface area contributed by atoms with E-state index >= 15 is 0 Å². The Hall–Kier alpha value is -2.35. The Morgan fingerprint density at radius 2 is 2.12 bits per heavy atom. The highest BCUT2D eigenvalue weighted by Crippen LogP contribution is 2.30. The topological polar surface area (TPSA) is 50.2 Å². The fourth-order valence-corrected chi connectivity index (χ4v) is 3.02. The van der Waals surface area contributed by atoms with E-state index in [1.54, 1.807) is 0 Å². The van der Waals surface area contributed by atoms with E-state index in [1.165, 1.54) is 16.8 Å². The van der Waals surface area contributed by atoms with Crippen LogP contribution >= 0.6 is 0 Å². The van der Waals surface area contributed by atoms with E-state index in [1.807, 2.05) is 6.92 Å². The first-order chi connectivity index (χ1) is 11.8. The van der Waals surface area contributed by atoms with Gasteiger partial charge in [0.1, 0.15) is 0 Å².